The quantitative estimate of drug-likeness (QED) is 0.727. The molecule has 7 heteroatoms. The molecule has 1 atom stereocenters. The zero-order valence-electron chi connectivity index (χ0n) is 10.7. The topological polar surface area (TPSA) is 104 Å². The molecule has 0 heterocycles. The lowest BCUT2D eigenvalue weighted by atomic mass is 10.1. The van der Waals surface area contributed by atoms with Crippen LogP contribution in [-0.2, 0) is 9.59 Å². The molecule has 20 heavy (non-hydrogen) atoms. The van der Waals surface area contributed by atoms with Gasteiger partial charge >= 0.3 is 11.9 Å². The SMILES string of the molecule is Cc1ccc(C(=O)N[C@@H](CCC(=O)O)C(=O)O)c(F)c1. The van der Waals surface area contributed by atoms with Crippen molar-refractivity contribution in [3.05, 3.63) is 35.1 Å². The summed E-state index contributed by atoms with van der Waals surface area (Å²) in [6.45, 7) is 1.65. The zero-order chi connectivity index (χ0) is 15.3. The number of nitrogens with one attached hydrogen (secondary N) is 1. The Kier molecular flexibility index (Phi) is 5.19. The van der Waals surface area contributed by atoms with Gasteiger partial charge in [0.15, 0.2) is 0 Å². The van der Waals surface area contributed by atoms with Gasteiger partial charge in [0.2, 0.25) is 0 Å². The maximum atomic E-state index is 13.6. The van der Waals surface area contributed by atoms with Crippen LogP contribution >= 0.6 is 0 Å². The summed E-state index contributed by atoms with van der Waals surface area (Å²) in [6, 6.07) is 2.54. The van der Waals surface area contributed by atoms with Crippen LogP contribution in [0.1, 0.15) is 28.8 Å². The van der Waals surface area contributed by atoms with E-state index in [9.17, 15) is 18.8 Å². The number of carboxylic acid groups (broad SMARTS) is 2. The Morgan fingerprint density at radius 3 is 2.45 bits per heavy atom. The van der Waals surface area contributed by atoms with E-state index in [1.54, 1.807) is 6.92 Å². The van der Waals surface area contributed by atoms with Crippen LogP contribution in [0.4, 0.5) is 4.39 Å². The molecule has 1 aromatic carbocycles. The van der Waals surface area contributed by atoms with Crippen LogP contribution in [-0.4, -0.2) is 34.1 Å². The lowest BCUT2D eigenvalue weighted by Gasteiger charge is -2.14. The smallest absolute Gasteiger partial charge is 0.326 e. The van der Waals surface area contributed by atoms with Gasteiger partial charge < -0.3 is 15.5 Å². The van der Waals surface area contributed by atoms with Gasteiger partial charge in [0.05, 0.1) is 5.56 Å². The molecule has 1 rings (SSSR count). The third-order valence-corrected chi connectivity index (χ3v) is 2.62. The van der Waals surface area contributed by atoms with E-state index in [1.165, 1.54) is 12.1 Å². The molecule has 0 aliphatic carbocycles. The molecular weight excluding hydrogens is 269 g/mol. The molecule has 108 valence electrons. The first kappa shape index (κ1) is 15.6. The average Bonchev–Trinajstić information content (AvgIpc) is 2.33. The van der Waals surface area contributed by atoms with Crippen molar-refractivity contribution in [2.24, 2.45) is 0 Å². The number of carboxylic acids is 2. The lowest BCUT2D eigenvalue weighted by Crippen LogP contribution is -2.41. The molecule has 0 saturated heterocycles. The maximum Gasteiger partial charge on any atom is 0.326 e. The van der Waals surface area contributed by atoms with Crippen molar-refractivity contribution >= 4 is 17.8 Å². The van der Waals surface area contributed by atoms with Gasteiger partial charge in [-0.25, -0.2) is 9.18 Å². The summed E-state index contributed by atoms with van der Waals surface area (Å²) in [7, 11) is 0. The molecule has 6 nitrogen and oxygen atoms in total. The van der Waals surface area contributed by atoms with Crippen LogP contribution < -0.4 is 5.32 Å². The summed E-state index contributed by atoms with van der Waals surface area (Å²) >= 11 is 0. The number of carbonyl (C=O) groups excluding carboxylic acids is 1. The van der Waals surface area contributed by atoms with E-state index >= 15 is 0 Å². The minimum atomic E-state index is -1.38. The first-order valence-electron chi connectivity index (χ1n) is 5.83. The number of hydrogen-bond donors (Lipinski definition) is 3. The second-order valence-corrected chi connectivity index (χ2v) is 4.28. The Balaban J connectivity index is 2.80. The molecule has 0 aliphatic rings. The fraction of sp³-hybridized carbons (Fsp3) is 0.308. The summed E-state index contributed by atoms with van der Waals surface area (Å²) in [6.07, 6.45) is -0.683. The van der Waals surface area contributed by atoms with Gasteiger partial charge in [-0.3, -0.25) is 9.59 Å². The number of rotatable bonds is 6. The highest BCUT2D eigenvalue weighted by molar-refractivity contribution is 5.96. The molecule has 0 aliphatic heterocycles. The maximum absolute atomic E-state index is 13.6. The molecular formula is C13H14FNO5. The number of aliphatic carboxylic acids is 2. The van der Waals surface area contributed by atoms with Crippen LogP contribution in [0.2, 0.25) is 0 Å². The second-order valence-electron chi connectivity index (χ2n) is 4.28. The van der Waals surface area contributed by atoms with E-state index in [0.717, 1.165) is 6.07 Å². The van der Waals surface area contributed by atoms with E-state index in [0.29, 0.717) is 5.56 Å². The molecule has 0 unspecified atom stereocenters. The number of carbonyl (C=O) groups is 3. The summed E-state index contributed by atoms with van der Waals surface area (Å²) in [5.74, 6) is -4.19. The Morgan fingerprint density at radius 2 is 1.95 bits per heavy atom. The number of amides is 1. The third kappa shape index (κ3) is 4.34. The highest BCUT2D eigenvalue weighted by Crippen LogP contribution is 2.10. The largest absolute Gasteiger partial charge is 0.481 e. The Hall–Kier alpha value is -2.44. The normalized spacial score (nSPS) is 11.7. The van der Waals surface area contributed by atoms with Gasteiger partial charge in [-0.05, 0) is 31.0 Å². The predicted molar refractivity (Wildman–Crippen MR) is 66.9 cm³/mol. The van der Waals surface area contributed by atoms with Crippen molar-refractivity contribution in [1.82, 2.24) is 5.32 Å². The Morgan fingerprint density at radius 1 is 1.30 bits per heavy atom. The molecule has 1 amide bonds. The highest BCUT2D eigenvalue weighted by Gasteiger charge is 2.22. The first-order valence-corrected chi connectivity index (χ1v) is 5.83. The first-order chi connectivity index (χ1) is 9.31. The molecule has 0 bridgehead atoms. The van der Waals surface area contributed by atoms with E-state index in [2.05, 4.69) is 5.32 Å². The second kappa shape index (κ2) is 6.65. The van der Waals surface area contributed by atoms with Gasteiger partial charge in [0.25, 0.3) is 5.91 Å². The minimum absolute atomic E-state index is 0.274. The van der Waals surface area contributed by atoms with Crippen molar-refractivity contribution in [3.8, 4) is 0 Å². The van der Waals surface area contributed by atoms with Crippen molar-refractivity contribution in [1.29, 1.82) is 0 Å². The highest BCUT2D eigenvalue weighted by atomic mass is 19.1. The van der Waals surface area contributed by atoms with Crippen LogP contribution in [0.25, 0.3) is 0 Å². The summed E-state index contributed by atoms with van der Waals surface area (Å²) in [4.78, 5) is 33.1. The van der Waals surface area contributed by atoms with Gasteiger partial charge in [-0.15, -0.1) is 0 Å². The molecule has 3 N–H and O–H groups in total. The summed E-state index contributed by atoms with van der Waals surface area (Å²) in [5.41, 5.74) is 0.344. The minimum Gasteiger partial charge on any atom is -0.481 e. The molecule has 0 fully saturated rings. The van der Waals surface area contributed by atoms with Crippen molar-refractivity contribution < 1.29 is 29.0 Å². The number of benzene rings is 1. The van der Waals surface area contributed by atoms with E-state index < -0.39 is 36.1 Å². The molecule has 1 aromatic rings. The van der Waals surface area contributed by atoms with Crippen molar-refractivity contribution in [2.45, 2.75) is 25.8 Å². The van der Waals surface area contributed by atoms with E-state index in [1.807, 2.05) is 0 Å². The van der Waals surface area contributed by atoms with E-state index in [-0.39, 0.29) is 12.0 Å². The number of hydrogen-bond acceptors (Lipinski definition) is 3. The zero-order valence-corrected chi connectivity index (χ0v) is 10.7. The lowest BCUT2D eigenvalue weighted by molar-refractivity contribution is -0.140. The van der Waals surface area contributed by atoms with Gasteiger partial charge in [-0.2, -0.15) is 0 Å². The monoisotopic (exact) mass is 283 g/mol. The fourth-order valence-corrected chi connectivity index (χ4v) is 1.57. The molecule has 0 saturated carbocycles. The predicted octanol–water partition coefficient (Wildman–Crippen LogP) is 1.18. The van der Waals surface area contributed by atoms with Gasteiger partial charge in [0, 0.05) is 6.42 Å². The van der Waals surface area contributed by atoms with Crippen molar-refractivity contribution in [2.75, 3.05) is 0 Å². The summed E-state index contributed by atoms with van der Waals surface area (Å²) in [5, 5.41) is 19.5. The van der Waals surface area contributed by atoms with Crippen LogP contribution in [0, 0.1) is 12.7 Å². The Labute approximate surface area is 114 Å². The van der Waals surface area contributed by atoms with Crippen molar-refractivity contribution in [3.63, 3.8) is 0 Å². The number of halogens is 1. The summed E-state index contributed by atoms with van der Waals surface area (Å²) < 4.78 is 13.6. The van der Waals surface area contributed by atoms with E-state index in [4.69, 9.17) is 10.2 Å². The Bertz CT molecular complexity index is 544. The fourth-order valence-electron chi connectivity index (χ4n) is 1.57. The van der Waals surface area contributed by atoms with Gasteiger partial charge in [0.1, 0.15) is 11.9 Å². The van der Waals surface area contributed by atoms with Crippen LogP contribution in [0.3, 0.4) is 0 Å². The third-order valence-electron chi connectivity index (χ3n) is 2.62. The van der Waals surface area contributed by atoms with Crippen LogP contribution in [0.15, 0.2) is 18.2 Å². The standard InChI is InChI=1S/C13H14FNO5/c1-7-2-3-8(9(14)6-7)12(18)15-10(13(19)20)4-5-11(16)17/h2-3,6,10H,4-5H2,1H3,(H,15,18)(H,16,17)(H,19,20)/t10-/m0/s1. The van der Waals surface area contributed by atoms with Crippen LogP contribution in [0.5, 0.6) is 0 Å². The molecule has 0 radical (unpaired) electrons. The number of aryl methyl sites for hydroxylation is 1. The molecule has 0 spiro atoms. The molecule has 0 aromatic heterocycles. The average molecular weight is 283 g/mol. The van der Waals surface area contributed by atoms with Gasteiger partial charge in [-0.1, -0.05) is 6.07 Å².